The van der Waals surface area contributed by atoms with E-state index in [0.717, 1.165) is 44.8 Å². The highest BCUT2D eigenvalue weighted by atomic mass is 79.9. The fraction of sp³-hybridized carbons (Fsp3) is 0.353. The fourth-order valence-corrected chi connectivity index (χ4v) is 3.65. The summed E-state index contributed by atoms with van der Waals surface area (Å²) in [5.41, 5.74) is 1.87. The molecule has 0 spiro atoms. The lowest BCUT2D eigenvalue weighted by molar-refractivity contribution is -0.761. The molecule has 0 bridgehead atoms. The molecule has 0 unspecified atom stereocenters. The summed E-state index contributed by atoms with van der Waals surface area (Å²) in [6.45, 7) is 5.64. The largest absolute Gasteiger partial charge is 0.491 e. The van der Waals surface area contributed by atoms with E-state index < -0.39 is 0 Å². The van der Waals surface area contributed by atoms with Gasteiger partial charge in [0.15, 0.2) is 5.69 Å². The van der Waals surface area contributed by atoms with Crippen molar-refractivity contribution in [2.75, 3.05) is 12.9 Å². The third kappa shape index (κ3) is 2.97. The molecule has 3 aromatic rings. The number of benzene rings is 1. The number of H-pyrrole nitrogens is 1. The van der Waals surface area contributed by atoms with Gasteiger partial charge >= 0.3 is 11.0 Å². The number of ether oxygens (including phenoxy) is 1. The van der Waals surface area contributed by atoms with Crippen molar-refractivity contribution < 1.29 is 9.42 Å². The van der Waals surface area contributed by atoms with Crippen molar-refractivity contribution in [2.24, 2.45) is 0 Å². The number of rotatable bonds is 3. The van der Waals surface area contributed by atoms with Crippen LogP contribution in [-0.2, 0) is 6.54 Å². The number of thioether (sulfide) groups is 1. The molecule has 0 atom stereocenters. The molecule has 3 heterocycles. The molecule has 0 fully saturated rings. The Bertz CT molecular complexity index is 933. The van der Waals surface area contributed by atoms with Crippen molar-refractivity contribution in [3.63, 3.8) is 0 Å². The number of imidazole rings is 1. The number of nitrogens with zero attached hydrogens (tertiary/aromatic N) is 4. The summed E-state index contributed by atoms with van der Waals surface area (Å²) < 4.78 is 11.1. The van der Waals surface area contributed by atoms with Crippen LogP contribution in [0.15, 0.2) is 34.0 Å². The van der Waals surface area contributed by atoms with Crippen LogP contribution in [0.2, 0.25) is 0 Å². The van der Waals surface area contributed by atoms with Crippen LogP contribution < -0.4 is 9.42 Å². The van der Waals surface area contributed by atoms with Crippen molar-refractivity contribution >= 4 is 27.7 Å². The zero-order valence-corrected chi connectivity index (χ0v) is 16.7. The highest BCUT2D eigenvalue weighted by Crippen LogP contribution is 2.35. The summed E-state index contributed by atoms with van der Waals surface area (Å²) in [5.74, 6) is 2.63. The minimum absolute atomic E-state index is 0.275. The van der Waals surface area contributed by atoms with E-state index in [9.17, 15) is 0 Å². The second-order valence-electron chi connectivity index (χ2n) is 6.15. The van der Waals surface area contributed by atoms with Gasteiger partial charge in [-0.25, -0.2) is 4.98 Å². The van der Waals surface area contributed by atoms with Crippen LogP contribution in [-0.4, -0.2) is 32.5 Å². The maximum Gasteiger partial charge on any atom is 0.372 e. The van der Waals surface area contributed by atoms with Gasteiger partial charge in [0.05, 0.1) is 12.1 Å². The zero-order valence-electron chi connectivity index (χ0n) is 14.3. The van der Waals surface area contributed by atoms with Gasteiger partial charge in [-0.2, -0.15) is 5.10 Å². The Balaban J connectivity index is 1.86. The first-order chi connectivity index (χ1) is 12.1. The second kappa shape index (κ2) is 6.49. The average Bonchev–Trinajstić information content (AvgIpc) is 3.16. The zero-order chi connectivity index (χ0) is 17.6. The molecule has 4 rings (SSSR count). The first kappa shape index (κ1) is 16.7. The third-order valence-electron chi connectivity index (χ3n) is 4.14. The van der Waals surface area contributed by atoms with Crippen LogP contribution in [0.5, 0.6) is 5.75 Å². The predicted octanol–water partition coefficient (Wildman–Crippen LogP) is 3.69. The summed E-state index contributed by atoms with van der Waals surface area (Å²) in [6, 6.07) is 6.33. The fourth-order valence-electron chi connectivity index (χ4n) is 2.94. The van der Waals surface area contributed by atoms with Gasteiger partial charge in [0.2, 0.25) is 0 Å². The first-order valence-electron chi connectivity index (χ1n) is 8.12. The minimum Gasteiger partial charge on any atom is -0.491 e. The van der Waals surface area contributed by atoms with Gasteiger partial charge in [0.1, 0.15) is 24.2 Å². The lowest BCUT2D eigenvalue weighted by Crippen LogP contribution is -2.40. The summed E-state index contributed by atoms with van der Waals surface area (Å²) in [6.07, 6.45) is 4.08. The lowest BCUT2D eigenvalue weighted by atomic mass is 10.2. The smallest absolute Gasteiger partial charge is 0.372 e. The number of aromatic amines is 1. The molecule has 0 radical (unpaired) electrons. The van der Waals surface area contributed by atoms with Gasteiger partial charge in [-0.05, 0) is 43.3 Å². The summed E-state index contributed by atoms with van der Waals surface area (Å²) in [7, 11) is 0. The van der Waals surface area contributed by atoms with Crippen LogP contribution >= 0.6 is 27.7 Å². The molecule has 1 aromatic carbocycles. The number of aromatic nitrogens is 5. The van der Waals surface area contributed by atoms with Gasteiger partial charge in [-0.1, -0.05) is 27.7 Å². The summed E-state index contributed by atoms with van der Waals surface area (Å²) in [5, 5.41) is 4.23. The maximum atomic E-state index is 5.88. The van der Waals surface area contributed by atoms with E-state index in [0.29, 0.717) is 6.61 Å². The third-order valence-corrected chi connectivity index (χ3v) is 5.20. The van der Waals surface area contributed by atoms with Crippen molar-refractivity contribution in [3.05, 3.63) is 28.9 Å². The van der Waals surface area contributed by atoms with E-state index in [2.05, 4.69) is 50.3 Å². The molecule has 1 aliphatic heterocycles. The SMILES string of the molecule is CSc1nc(-c2cn3c(n2)-c2ccc(Br)cc2OCC3)[n+](C(C)C)[nH]1. The second-order valence-corrected chi connectivity index (χ2v) is 7.86. The van der Waals surface area contributed by atoms with Crippen molar-refractivity contribution in [1.82, 2.24) is 19.6 Å². The predicted molar refractivity (Wildman–Crippen MR) is 101 cm³/mol. The van der Waals surface area contributed by atoms with Gasteiger partial charge in [0.25, 0.3) is 0 Å². The number of nitrogens with one attached hydrogen (secondary N) is 1. The Morgan fingerprint density at radius 3 is 2.96 bits per heavy atom. The van der Waals surface area contributed by atoms with Crippen molar-refractivity contribution in [3.8, 4) is 28.7 Å². The molecule has 1 N–H and O–H groups in total. The molecule has 0 aliphatic carbocycles. The van der Waals surface area contributed by atoms with E-state index in [1.807, 2.05) is 24.5 Å². The molecule has 25 heavy (non-hydrogen) atoms. The molecule has 6 nitrogen and oxygen atoms in total. The van der Waals surface area contributed by atoms with Crippen LogP contribution in [0.25, 0.3) is 22.9 Å². The van der Waals surface area contributed by atoms with Gasteiger partial charge in [-0.15, -0.1) is 4.68 Å². The molecule has 2 aromatic heterocycles. The minimum atomic E-state index is 0.275. The Labute approximate surface area is 158 Å². The van der Waals surface area contributed by atoms with Crippen LogP contribution in [0.3, 0.4) is 0 Å². The number of fused-ring (bicyclic) bond motifs is 3. The Kier molecular flexibility index (Phi) is 4.33. The van der Waals surface area contributed by atoms with Crippen LogP contribution in [0, 0.1) is 0 Å². The number of hydrogen-bond acceptors (Lipinski definition) is 4. The number of hydrogen-bond donors (Lipinski definition) is 1. The highest BCUT2D eigenvalue weighted by molar-refractivity contribution is 9.10. The lowest BCUT2D eigenvalue weighted by Gasteiger charge is -2.06. The topological polar surface area (TPSA) is 59.6 Å². The standard InChI is InChI=1S/C17H18BrN5OS/c1-10(2)23-16(20-17(21-23)25-3)13-9-22-6-7-24-14-8-11(18)4-5-12(14)15(22)19-13/h4-5,8-10H,6-7H2,1-3H3/p+1. The summed E-state index contributed by atoms with van der Waals surface area (Å²) in [4.78, 5) is 9.61. The van der Waals surface area contributed by atoms with Crippen molar-refractivity contribution in [2.45, 2.75) is 31.6 Å². The van der Waals surface area contributed by atoms with E-state index >= 15 is 0 Å². The molecule has 130 valence electrons. The summed E-state index contributed by atoms with van der Waals surface area (Å²) >= 11 is 5.10. The van der Waals surface area contributed by atoms with Crippen molar-refractivity contribution in [1.29, 1.82) is 0 Å². The van der Waals surface area contributed by atoms with E-state index in [4.69, 9.17) is 14.7 Å². The van der Waals surface area contributed by atoms with Crippen LogP contribution in [0.1, 0.15) is 19.9 Å². The Morgan fingerprint density at radius 2 is 2.20 bits per heavy atom. The van der Waals surface area contributed by atoms with E-state index in [-0.39, 0.29) is 6.04 Å². The van der Waals surface area contributed by atoms with Crippen LogP contribution in [0.4, 0.5) is 0 Å². The molecule has 0 amide bonds. The molecule has 8 heteroatoms. The Hall–Kier alpha value is -1.80. The molecule has 0 saturated heterocycles. The maximum absolute atomic E-state index is 5.88. The first-order valence-corrected chi connectivity index (χ1v) is 10.1. The van der Waals surface area contributed by atoms with E-state index in [1.54, 1.807) is 11.8 Å². The quantitative estimate of drug-likeness (QED) is 0.518. The van der Waals surface area contributed by atoms with Gasteiger partial charge in [0, 0.05) is 10.7 Å². The van der Waals surface area contributed by atoms with Gasteiger partial charge < -0.3 is 9.30 Å². The molecular weight excluding hydrogens is 402 g/mol. The molecule has 0 saturated carbocycles. The molecular formula is C17H19BrN5OS+. The Morgan fingerprint density at radius 1 is 1.36 bits per heavy atom. The monoisotopic (exact) mass is 420 g/mol. The normalized spacial score (nSPS) is 13.3. The van der Waals surface area contributed by atoms with Gasteiger partial charge in [-0.3, -0.25) is 0 Å². The van der Waals surface area contributed by atoms with E-state index in [1.165, 1.54) is 0 Å². The average molecular weight is 421 g/mol. The number of halogens is 1. The molecule has 1 aliphatic rings. The highest BCUT2D eigenvalue weighted by Gasteiger charge is 2.28.